The molecule has 1 amide bonds. The third kappa shape index (κ3) is 4.62. The van der Waals surface area contributed by atoms with Gasteiger partial charge < -0.3 is 14.2 Å². The molecule has 0 N–H and O–H groups in total. The lowest BCUT2D eigenvalue weighted by molar-refractivity contribution is -0.132. The third-order valence-electron chi connectivity index (χ3n) is 5.24. The molecule has 2 aromatic rings. The smallest absolute Gasteiger partial charge is 0.222 e. The second-order valence-corrected chi connectivity index (χ2v) is 6.91. The fourth-order valence-electron chi connectivity index (χ4n) is 3.58. The fourth-order valence-corrected chi connectivity index (χ4v) is 3.58. The van der Waals surface area contributed by atoms with Gasteiger partial charge in [0.15, 0.2) is 0 Å². The van der Waals surface area contributed by atoms with Gasteiger partial charge in [-0.3, -0.25) is 4.79 Å². The number of piperidine rings is 1. The Kier molecular flexibility index (Phi) is 6.26. The molecule has 26 heavy (non-hydrogen) atoms. The van der Waals surface area contributed by atoms with Crippen LogP contribution in [0.3, 0.4) is 0 Å². The molecule has 0 unspecified atom stereocenters. The van der Waals surface area contributed by atoms with Gasteiger partial charge >= 0.3 is 0 Å². The Morgan fingerprint density at radius 2 is 2.12 bits per heavy atom. The van der Waals surface area contributed by atoms with Crippen LogP contribution in [0.2, 0.25) is 0 Å². The Hall–Kier alpha value is -2.37. The maximum absolute atomic E-state index is 12.5. The number of amides is 1. The SMILES string of the molecule is CCn1cnnc1CC1CCN(C(=O)CCc2cccc(OC)c2)CC1. The Morgan fingerprint density at radius 3 is 2.85 bits per heavy atom. The van der Waals surface area contributed by atoms with Crippen LogP contribution in [0.1, 0.15) is 37.6 Å². The van der Waals surface area contributed by atoms with Gasteiger partial charge in [0, 0.05) is 32.5 Å². The molecule has 1 aliphatic rings. The van der Waals surface area contributed by atoms with Crippen LogP contribution < -0.4 is 4.74 Å². The normalized spacial score (nSPS) is 15.2. The number of methoxy groups -OCH3 is 1. The highest BCUT2D eigenvalue weighted by Gasteiger charge is 2.24. The molecule has 0 aliphatic carbocycles. The summed E-state index contributed by atoms with van der Waals surface area (Å²) >= 11 is 0. The highest BCUT2D eigenvalue weighted by Crippen LogP contribution is 2.22. The monoisotopic (exact) mass is 356 g/mol. The van der Waals surface area contributed by atoms with Crippen molar-refractivity contribution in [2.24, 2.45) is 5.92 Å². The van der Waals surface area contributed by atoms with Gasteiger partial charge in [0.1, 0.15) is 17.9 Å². The van der Waals surface area contributed by atoms with E-state index in [0.29, 0.717) is 12.3 Å². The Morgan fingerprint density at radius 1 is 1.31 bits per heavy atom. The highest BCUT2D eigenvalue weighted by atomic mass is 16.5. The van der Waals surface area contributed by atoms with Crippen molar-refractivity contribution in [1.82, 2.24) is 19.7 Å². The van der Waals surface area contributed by atoms with Crippen molar-refractivity contribution in [3.05, 3.63) is 42.0 Å². The van der Waals surface area contributed by atoms with Crippen LogP contribution in [0.25, 0.3) is 0 Å². The third-order valence-corrected chi connectivity index (χ3v) is 5.24. The predicted octanol–water partition coefficient (Wildman–Crippen LogP) is 2.72. The van der Waals surface area contributed by atoms with Crippen molar-refractivity contribution >= 4 is 5.91 Å². The lowest BCUT2D eigenvalue weighted by atomic mass is 9.93. The lowest BCUT2D eigenvalue weighted by Crippen LogP contribution is -2.39. The number of benzene rings is 1. The summed E-state index contributed by atoms with van der Waals surface area (Å²) in [6.45, 7) is 4.71. The summed E-state index contributed by atoms with van der Waals surface area (Å²) in [7, 11) is 1.66. The van der Waals surface area contributed by atoms with Gasteiger partial charge in [-0.15, -0.1) is 10.2 Å². The van der Waals surface area contributed by atoms with E-state index in [9.17, 15) is 4.79 Å². The van der Waals surface area contributed by atoms with E-state index < -0.39 is 0 Å². The molecule has 0 spiro atoms. The van der Waals surface area contributed by atoms with Gasteiger partial charge in [-0.2, -0.15) is 0 Å². The number of aromatic nitrogens is 3. The number of nitrogens with zero attached hydrogens (tertiary/aromatic N) is 4. The first-order valence-electron chi connectivity index (χ1n) is 9.47. The Labute approximate surface area is 155 Å². The molecule has 2 heterocycles. The summed E-state index contributed by atoms with van der Waals surface area (Å²) in [6.07, 6.45) is 6.16. The van der Waals surface area contributed by atoms with Crippen LogP contribution in [0.15, 0.2) is 30.6 Å². The number of carbonyl (C=O) groups is 1. The minimum atomic E-state index is 0.253. The number of ether oxygens (including phenoxy) is 1. The number of likely N-dealkylation sites (tertiary alicyclic amines) is 1. The standard InChI is InChI=1S/C20H28N4O2/c1-3-23-15-21-22-19(23)14-17-9-11-24(12-10-17)20(25)8-7-16-5-4-6-18(13-16)26-2/h4-6,13,15,17H,3,7-12,14H2,1-2H3. The van der Waals surface area contributed by atoms with Gasteiger partial charge in [-0.25, -0.2) is 0 Å². The summed E-state index contributed by atoms with van der Waals surface area (Å²) in [5.41, 5.74) is 1.14. The predicted molar refractivity (Wildman–Crippen MR) is 100 cm³/mol. The first-order valence-corrected chi connectivity index (χ1v) is 9.47. The summed E-state index contributed by atoms with van der Waals surface area (Å²) in [6, 6.07) is 7.95. The van der Waals surface area contributed by atoms with Gasteiger partial charge in [-0.05, 0) is 49.8 Å². The van der Waals surface area contributed by atoms with Gasteiger partial charge in [-0.1, -0.05) is 12.1 Å². The molecule has 1 fully saturated rings. The molecular weight excluding hydrogens is 328 g/mol. The maximum atomic E-state index is 12.5. The Balaban J connectivity index is 1.44. The number of rotatable bonds is 7. The van der Waals surface area contributed by atoms with E-state index in [-0.39, 0.29) is 5.91 Å². The molecule has 1 aromatic carbocycles. The first-order chi connectivity index (χ1) is 12.7. The molecule has 0 saturated carbocycles. The lowest BCUT2D eigenvalue weighted by Gasteiger charge is -2.32. The number of carbonyl (C=O) groups excluding carboxylic acids is 1. The molecule has 0 radical (unpaired) electrons. The zero-order valence-electron chi connectivity index (χ0n) is 15.7. The van der Waals surface area contributed by atoms with Crippen LogP contribution >= 0.6 is 0 Å². The van der Waals surface area contributed by atoms with E-state index in [1.165, 1.54) is 0 Å². The topological polar surface area (TPSA) is 60.2 Å². The second kappa shape index (κ2) is 8.83. The van der Waals surface area contributed by atoms with Crippen molar-refractivity contribution in [1.29, 1.82) is 0 Å². The largest absolute Gasteiger partial charge is 0.497 e. The van der Waals surface area contributed by atoms with E-state index in [1.54, 1.807) is 13.4 Å². The van der Waals surface area contributed by atoms with Crippen molar-refractivity contribution in [3.8, 4) is 5.75 Å². The second-order valence-electron chi connectivity index (χ2n) is 6.91. The van der Waals surface area contributed by atoms with Crippen LogP contribution in [0, 0.1) is 5.92 Å². The average molecular weight is 356 g/mol. The van der Waals surface area contributed by atoms with Crippen molar-refractivity contribution in [2.45, 2.75) is 45.6 Å². The van der Waals surface area contributed by atoms with Gasteiger partial charge in [0.2, 0.25) is 5.91 Å². The first kappa shape index (κ1) is 18.4. The van der Waals surface area contributed by atoms with Crippen LogP contribution in [0.5, 0.6) is 5.75 Å². The van der Waals surface area contributed by atoms with Crippen LogP contribution in [-0.2, 0) is 24.2 Å². The maximum Gasteiger partial charge on any atom is 0.222 e. The van der Waals surface area contributed by atoms with Crippen molar-refractivity contribution in [2.75, 3.05) is 20.2 Å². The zero-order chi connectivity index (χ0) is 18.4. The average Bonchev–Trinajstić information content (AvgIpc) is 3.14. The quantitative estimate of drug-likeness (QED) is 0.765. The molecule has 0 bridgehead atoms. The van der Waals surface area contributed by atoms with Crippen molar-refractivity contribution in [3.63, 3.8) is 0 Å². The minimum Gasteiger partial charge on any atom is -0.497 e. The molecule has 1 saturated heterocycles. The molecule has 1 aliphatic heterocycles. The molecule has 0 atom stereocenters. The van der Waals surface area contributed by atoms with Crippen molar-refractivity contribution < 1.29 is 9.53 Å². The summed E-state index contributed by atoms with van der Waals surface area (Å²) in [4.78, 5) is 14.5. The minimum absolute atomic E-state index is 0.253. The molecule has 140 valence electrons. The molecule has 6 nitrogen and oxygen atoms in total. The van der Waals surface area contributed by atoms with E-state index in [0.717, 1.165) is 62.5 Å². The van der Waals surface area contributed by atoms with E-state index >= 15 is 0 Å². The van der Waals surface area contributed by atoms with Crippen LogP contribution in [-0.4, -0.2) is 45.8 Å². The molecule has 1 aromatic heterocycles. The van der Waals surface area contributed by atoms with Gasteiger partial charge in [0.25, 0.3) is 0 Å². The molecule has 3 rings (SSSR count). The molecular formula is C20H28N4O2. The van der Waals surface area contributed by atoms with E-state index in [4.69, 9.17) is 4.74 Å². The van der Waals surface area contributed by atoms with Crippen LogP contribution in [0.4, 0.5) is 0 Å². The van der Waals surface area contributed by atoms with E-state index in [2.05, 4.69) is 21.7 Å². The number of hydrogen-bond donors (Lipinski definition) is 0. The highest BCUT2D eigenvalue weighted by molar-refractivity contribution is 5.76. The molecule has 6 heteroatoms. The number of hydrogen-bond acceptors (Lipinski definition) is 4. The summed E-state index contributed by atoms with van der Waals surface area (Å²) in [5, 5.41) is 8.24. The van der Waals surface area contributed by atoms with Gasteiger partial charge in [0.05, 0.1) is 7.11 Å². The van der Waals surface area contributed by atoms with E-state index in [1.807, 2.05) is 29.2 Å². The Bertz CT molecular complexity index is 720. The summed E-state index contributed by atoms with van der Waals surface area (Å²) in [5.74, 6) is 2.75. The fraction of sp³-hybridized carbons (Fsp3) is 0.550. The zero-order valence-corrected chi connectivity index (χ0v) is 15.7. The summed E-state index contributed by atoms with van der Waals surface area (Å²) < 4.78 is 7.35. The number of aryl methyl sites for hydroxylation is 2.